The number of thiophene rings is 1. The molecule has 0 bridgehead atoms. The minimum absolute atomic E-state index is 0.0926. The molecule has 0 spiro atoms. The van der Waals surface area contributed by atoms with Gasteiger partial charge in [0.25, 0.3) is 0 Å². The fraction of sp³-hybridized carbons (Fsp3) is 0.667. The predicted molar refractivity (Wildman–Crippen MR) is 67.4 cm³/mol. The van der Waals surface area contributed by atoms with E-state index in [9.17, 15) is 0 Å². The molecule has 1 aliphatic carbocycles. The lowest BCUT2D eigenvalue weighted by molar-refractivity contribution is -0.120. The van der Waals surface area contributed by atoms with Crippen LogP contribution in [0.1, 0.15) is 18.2 Å². The van der Waals surface area contributed by atoms with E-state index in [0.717, 1.165) is 19.4 Å². The van der Waals surface area contributed by atoms with Gasteiger partial charge in [0.15, 0.2) is 0 Å². The lowest BCUT2D eigenvalue weighted by Gasteiger charge is -2.40. The molecular formula is C12H17ClO2S. The van der Waals surface area contributed by atoms with Crippen LogP contribution in [0.4, 0.5) is 0 Å². The SMILES string of the molecule is CCOC1C(Cl)CC1OCCc1cccs1. The minimum Gasteiger partial charge on any atom is -0.375 e. The quantitative estimate of drug-likeness (QED) is 0.732. The fourth-order valence-electron chi connectivity index (χ4n) is 1.86. The molecule has 3 unspecified atom stereocenters. The van der Waals surface area contributed by atoms with Gasteiger partial charge in [-0.1, -0.05) is 6.07 Å². The Kier molecular flexibility index (Phi) is 4.65. The Morgan fingerprint density at radius 2 is 2.38 bits per heavy atom. The van der Waals surface area contributed by atoms with Crippen molar-refractivity contribution in [2.24, 2.45) is 0 Å². The molecule has 0 radical (unpaired) electrons. The molecule has 4 heteroatoms. The van der Waals surface area contributed by atoms with Gasteiger partial charge in [-0.2, -0.15) is 0 Å². The third kappa shape index (κ3) is 2.98. The first-order valence-electron chi connectivity index (χ1n) is 5.71. The number of halogens is 1. The minimum atomic E-state index is 0.0926. The lowest BCUT2D eigenvalue weighted by atomic mass is 9.91. The third-order valence-electron chi connectivity index (χ3n) is 2.80. The molecule has 1 aromatic rings. The van der Waals surface area contributed by atoms with E-state index in [1.165, 1.54) is 4.88 Å². The Hall–Kier alpha value is -0.0900. The molecule has 0 aliphatic heterocycles. The molecule has 1 aliphatic rings. The van der Waals surface area contributed by atoms with Gasteiger partial charge in [0.1, 0.15) is 6.10 Å². The summed E-state index contributed by atoms with van der Waals surface area (Å²) in [5.41, 5.74) is 0. The molecular weight excluding hydrogens is 244 g/mol. The van der Waals surface area contributed by atoms with Crippen LogP contribution in [0, 0.1) is 0 Å². The summed E-state index contributed by atoms with van der Waals surface area (Å²) < 4.78 is 11.3. The Morgan fingerprint density at radius 3 is 3.00 bits per heavy atom. The highest BCUT2D eigenvalue weighted by atomic mass is 35.5. The van der Waals surface area contributed by atoms with Gasteiger partial charge in [-0.15, -0.1) is 22.9 Å². The lowest BCUT2D eigenvalue weighted by Crippen LogP contribution is -2.51. The summed E-state index contributed by atoms with van der Waals surface area (Å²) in [5, 5.41) is 2.22. The highest BCUT2D eigenvalue weighted by molar-refractivity contribution is 7.09. The number of rotatable bonds is 6. The molecule has 0 aromatic carbocycles. The van der Waals surface area contributed by atoms with E-state index in [4.69, 9.17) is 21.1 Å². The van der Waals surface area contributed by atoms with Gasteiger partial charge < -0.3 is 9.47 Å². The molecule has 2 nitrogen and oxygen atoms in total. The first-order valence-corrected chi connectivity index (χ1v) is 7.02. The van der Waals surface area contributed by atoms with Gasteiger partial charge in [-0.25, -0.2) is 0 Å². The molecule has 3 atom stereocenters. The van der Waals surface area contributed by atoms with Crippen LogP contribution >= 0.6 is 22.9 Å². The zero-order valence-corrected chi connectivity index (χ0v) is 11.0. The Balaban J connectivity index is 1.66. The van der Waals surface area contributed by atoms with Crippen LogP contribution in [0.5, 0.6) is 0 Å². The van der Waals surface area contributed by atoms with E-state index < -0.39 is 0 Å². The molecule has 1 fully saturated rings. The maximum absolute atomic E-state index is 6.06. The Labute approximate surface area is 106 Å². The predicted octanol–water partition coefficient (Wildman–Crippen LogP) is 3.09. The summed E-state index contributed by atoms with van der Waals surface area (Å²) in [6.45, 7) is 3.46. The summed E-state index contributed by atoms with van der Waals surface area (Å²) in [6, 6.07) is 4.21. The van der Waals surface area contributed by atoms with Crippen molar-refractivity contribution in [3.8, 4) is 0 Å². The van der Waals surface area contributed by atoms with Crippen molar-refractivity contribution in [2.75, 3.05) is 13.2 Å². The largest absolute Gasteiger partial charge is 0.375 e. The van der Waals surface area contributed by atoms with Crippen LogP contribution < -0.4 is 0 Å². The summed E-state index contributed by atoms with van der Waals surface area (Å²) in [4.78, 5) is 1.37. The molecule has 0 amide bonds. The zero-order chi connectivity index (χ0) is 11.4. The maximum Gasteiger partial charge on any atom is 0.100 e. The summed E-state index contributed by atoms with van der Waals surface area (Å²) in [7, 11) is 0. The molecule has 90 valence electrons. The number of ether oxygens (including phenoxy) is 2. The summed E-state index contributed by atoms with van der Waals surface area (Å²) in [6.07, 6.45) is 2.19. The molecule has 1 heterocycles. The van der Waals surface area contributed by atoms with Crippen molar-refractivity contribution in [3.63, 3.8) is 0 Å². The van der Waals surface area contributed by atoms with Crippen molar-refractivity contribution in [1.29, 1.82) is 0 Å². The van der Waals surface area contributed by atoms with E-state index in [1.807, 2.05) is 6.92 Å². The third-order valence-corrected chi connectivity index (χ3v) is 4.16. The highest BCUT2D eigenvalue weighted by Gasteiger charge is 2.41. The maximum atomic E-state index is 6.06. The average Bonchev–Trinajstić information content (AvgIpc) is 2.78. The van der Waals surface area contributed by atoms with Gasteiger partial charge in [0.2, 0.25) is 0 Å². The Bertz CT molecular complexity index is 302. The standard InChI is InChI=1S/C12H17ClO2S/c1-2-14-12-10(13)8-11(12)15-6-5-9-4-3-7-16-9/h3-4,7,10-12H,2,5-6,8H2,1H3. The van der Waals surface area contributed by atoms with Gasteiger partial charge in [0.05, 0.1) is 18.1 Å². The van der Waals surface area contributed by atoms with Crippen molar-refractivity contribution in [3.05, 3.63) is 22.4 Å². The number of hydrogen-bond acceptors (Lipinski definition) is 3. The van der Waals surface area contributed by atoms with Gasteiger partial charge >= 0.3 is 0 Å². The molecule has 1 saturated carbocycles. The van der Waals surface area contributed by atoms with Crippen LogP contribution in [0.25, 0.3) is 0 Å². The van der Waals surface area contributed by atoms with Gasteiger partial charge in [0, 0.05) is 17.9 Å². The van der Waals surface area contributed by atoms with Crippen LogP contribution in [-0.2, 0) is 15.9 Å². The molecule has 2 rings (SSSR count). The topological polar surface area (TPSA) is 18.5 Å². The molecule has 0 saturated heterocycles. The smallest absolute Gasteiger partial charge is 0.100 e. The highest BCUT2D eigenvalue weighted by Crippen LogP contribution is 2.31. The number of hydrogen-bond donors (Lipinski definition) is 0. The van der Waals surface area contributed by atoms with E-state index in [0.29, 0.717) is 6.61 Å². The van der Waals surface area contributed by atoms with Crippen molar-refractivity contribution in [2.45, 2.75) is 37.4 Å². The average molecular weight is 261 g/mol. The molecule has 16 heavy (non-hydrogen) atoms. The Morgan fingerprint density at radius 1 is 1.50 bits per heavy atom. The van der Waals surface area contributed by atoms with E-state index in [2.05, 4.69) is 17.5 Å². The monoisotopic (exact) mass is 260 g/mol. The molecule has 0 N–H and O–H groups in total. The second-order valence-electron chi connectivity index (χ2n) is 3.91. The van der Waals surface area contributed by atoms with E-state index in [1.54, 1.807) is 11.3 Å². The molecule has 1 aromatic heterocycles. The van der Waals surface area contributed by atoms with Crippen LogP contribution in [-0.4, -0.2) is 30.8 Å². The van der Waals surface area contributed by atoms with E-state index in [-0.39, 0.29) is 17.6 Å². The van der Waals surface area contributed by atoms with Crippen molar-refractivity contribution < 1.29 is 9.47 Å². The van der Waals surface area contributed by atoms with Crippen molar-refractivity contribution >= 4 is 22.9 Å². The second-order valence-corrected chi connectivity index (χ2v) is 5.50. The normalized spacial score (nSPS) is 29.0. The van der Waals surface area contributed by atoms with Crippen molar-refractivity contribution in [1.82, 2.24) is 0 Å². The van der Waals surface area contributed by atoms with Crippen LogP contribution in [0.3, 0.4) is 0 Å². The first-order chi connectivity index (χ1) is 7.81. The van der Waals surface area contributed by atoms with Gasteiger partial charge in [-0.3, -0.25) is 0 Å². The zero-order valence-electron chi connectivity index (χ0n) is 9.40. The van der Waals surface area contributed by atoms with E-state index >= 15 is 0 Å². The fourth-order valence-corrected chi connectivity index (χ4v) is 2.96. The second kappa shape index (κ2) is 6.01. The summed E-state index contributed by atoms with van der Waals surface area (Å²) >= 11 is 7.84. The van der Waals surface area contributed by atoms with Crippen LogP contribution in [0.15, 0.2) is 17.5 Å². The summed E-state index contributed by atoms with van der Waals surface area (Å²) in [5.74, 6) is 0. The first kappa shape index (κ1) is 12.4. The van der Waals surface area contributed by atoms with Gasteiger partial charge in [-0.05, 0) is 24.8 Å². The van der Waals surface area contributed by atoms with Crippen LogP contribution in [0.2, 0.25) is 0 Å². The number of alkyl halides is 1.